The fraction of sp³-hybridized carbons (Fsp3) is 0.333. The number of hydrogen-bond donors (Lipinski definition) is 0. The number of rotatable bonds is 4. The Morgan fingerprint density at radius 3 is 2.72 bits per heavy atom. The number of furan rings is 1. The third kappa shape index (κ3) is 2.46. The summed E-state index contributed by atoms with van der Waals surface area (Å²) < 4.78 is 10.8. The number of halogens is 1. The standard InChI is InChI=1S/C15H17BrO2/c1-4-13-12(7-8-18-13)15(16)11-5-6-14(17-3)10(2)9-11/h5-9,15H,4H2,1-3H3. The largest absolute Gasteiger partial charge is 0.496 e. The molecule has 2 nitrogen and oxygen atoms in total. The van der Waals surface area contributed by atoms with E-state index in [0.29, 0.717) is 0 Å². The first-order valence-electron chi connectivity index (χ1n) is 6.02. The molecule has 18 heavy (non-hydrogen) atoms. The van der Waals surface area contributed by atoms with Gasteiger partial charge in [0.05, 0.1) is 18.2 Å². The van der Waals surface area contributed by atoms with Gasteiger partial charge in [0.2, 0.25) is 0 Å². The topological polar surface area (TPSA) is 22.4 Å². The van der Waals surface area contributed by atoms with Crippen LogP contribution in [0.15, 0.2) is 34.9 Å². The van der Waals surface area contributed by atoms with E-state index < -0.39 is 0 Å². The molecule has 1 unspecified atom stereocenters. The lowest BCUT2D eigenvalue weighted by atomic mass is 10.0. The van der Waals surface area contributed by atoms with Crippen LogP contribution in [0.1, 0.15) is 34.2 Å². The van der Waals surface area contributed by atoms with Gasteiger partial charge in [0.15, 0.2) is 0 Å². The van der Waals surface area contributed by atoms with Gasteiger partial charge in [-0.3, -0.25) is 0 Å². The first kappa shape index (κ1) is 13.2. The predicted molar refractivity (Wildman–Crippen MR) is 76.6 cm³/mol. The van der Waals surface area contributed by atoms with E-state index in [-0.39, 0.29) is 4.83 Å². The van der Waals surface area contributed by atoms with Gasteiger partial charge in [-0.1, -0.05) is 35.0 Å². The van der Waals surface area contributed by atoms with Crippen LogP contribution < -0.4 is 4.74 Å². The molecule has 0 radical (unpaired) electrons. The highest BCUT2D eigenvalue weighted by molar-refractivity contribution is 9.09. The lowest BCUT2D eigenvalue weighted by molar-refractivity contribution is 0.411. The zero-order valence-corrected chi connectivity index (χ0v) is 12.5. The van der Waals surface area contributed by atoms with Crippen molar-refractivity contribution in [3.63, 3.8) is 0 Å². The van der Waals surface area contributed by atoms with Crippen LogP contribution in [-0.4, -0.2) is 7.11 Å². The van der Waals surface area contributed by atoms with Gasteiger partial charge in [-0.2, -0.15) is 0 Å². The van der Waals surface area contributed by atoms with Crippen molar-refractivity contribution in [2.75, 3.05) is 7.11 Å². The smallest absolute Gasteiger partial charge is 0.121 e. The van der Waals surface area contributed by atoms with Gasteiger partial charge in [0.25, 0.3) is 0 Å². The van der Waals surface area contributed by atoms with E-state index in [1.807, 2.05) is 12.1 Å². The molecule has 0 saturated carbocycles. The summed E-state index contributed by atoms with van der Waals surface area (Å²) in [4.78, 5) is 0.163. The third-order valence-electron chi connectivity index (χ3n) is 3.09. The molecule has 0 aliphatic heterocycles. The van der Waals surface area contributed by atoms with Crippen LogP contribution in [0.25, 0.3) is 0 Å². The summed E-state index contributed by atoms with van der Waals surface area (Å²) in [7, 11) is 1.69. The molecule has 96 valence electrons. The second-order valence-electron chi connectivity index (χ2n) is 4.24. The van der Waals surface area contributed by atoms with E-state index in [0.717, 1.165) is 23.5 Å². The van der Waals surface area contributed by atoms with Crippen LogP contribution in [0.2, 0.25) is 0 Å². The van der Waals surface area contributed by atoms with Gasteiger partial charge in [-0.05, 0) is 30.2 Å². The molecule has 2 rings (SSSR count). The summed E-state index contributed by atoms with van der Waals surface area (Å²) in [5.74, 6) is 1.95. The predicted octanol–water partition coefficient (Wildman–Crippen LogP) is 4.64. The lowest BCUT2D eigenvalue weighted by Crippen LogP contribution is -1.96. The van der Waals surface area contributed by atoms with Crippen molar-refractivity contribution < 1.29 is 9.15 Å². The van der Waals surface area contributed by atoms with Crippen LogP contribution in [0.5, 0.6) is 5.75 Å². The van der Waals surface area contributed by atoms with E-state index in [9.17, 15) is 0 Å². The van der Waals surface area contributed by atoms with Crippen molar-refractivity contribution in [3.8, 4) is 5.75 Å². The molecule has 1 aromatic carbocycles. The Labute approximate surface area is 116 Å². The van der Waals surface area contributed by atoms with Crippen molar-refractivity contribution in [2.24, 2.45) is 0 Å². The molecule has 1 heterocycles. The summed E-state index contributed by atoms with van der Waals surface area (Å²) in [5.41, 5.74) is 3.55. The fourth-order valence-electron chi connectivity index (χ4n) is 2.10. The molecule has 0 fully saturated rings. The Bertz CT molecular complexity index is 531. The molecule has 0 N–H and O–H groups in total. The maximum atomic E-state index is 5.48. The van der Waals surface area contributed by atoms with E-state index in [1.54, 1.807) is 13.4 Å². The number of methoxy groups -OCH3 is 1. The molecule has 1 aromatic heterocycles. The van der Waals surface area contributed by atoms with E-state index in [1.165, 1.54) is 11.1 Å². The Morgan fingerprint density at radius 1 is 1.33 bits per heavy atom. The van der Waals surface area contributed by atoms with Crippen LogP contribution in [-0.2, 0) is 6.42 Å². The van der Waals surface area contributed by atoms with Gasteiger partial charge < -0.3 is 9.15 Å². The van der Waals surface area contributed by atoms with Gasteiger partial charge >= 0.3 is 0 Å². The SMILES string of the molecule is CCc1occc1C(Br)c1ccc(OC)c(C)c1. The minimum Gasteiger partial charge on any atom is -0.496 e. The summed E-state index contributed by atoms with van der Waals surface area (Å²) in [6.45, 7) is 4.15. The normalized spacial score (nSPS) is 12.4. The molecule has 3 heteroatoms. The second-order valence-corrected chi connectivity index (χ2v) is 5.16. The molecule has 1 atom stereocenters. The molecule has 0 bridgehead atoms. The van der Waals surface area contributed by atoms with Crippen molar-refractivity contribution in [1.82, 2.24) is 0 Å². The lowest BCUT2D eigenvalue weighted by Gasteiger charge is -2.12. The third-order valence-corrected chi connectivity index (χ3v) is 4.11. The number of ether oxygens (including phenoxy) is 1. The Hall–Kier alpha value is -1.22. The van der Waals surface area contributed by atoms with Crippen molar-refractivity contribution in [3.05, 3.63) is 53.0 Å². The molecule has 0 aliphatic rings. The highest BCUT2D eigenvalue weighted by atomic mass is 79.9. The number of alkyl halides is 1. The first-order valence-corrected chi connectivity index (χ1v) is 6.93. The molecule has 0 aliphatic carbocycles. The molecule has 0 spiro atoms. The van der Waals surface area contributed by atoms with Crippen LogP contribution in [0.4, 0.5) is 0 Å². The van der Waals surface area contributed by atoms with Crippen molar-refractivity contribution in [1.29, 1.82) is 0 Å². The average molecular weight is 309 g/mol. The highest BCUT2D eigenvalue weighted by Gasteiger charge is 2.16. The fourth-order valence-corrected chi connectivity index (χ4v) is 2.80. The molecular weight excluding hydrogens is 292 g/mol. The Kier molecular flexibility index (Phi) is 4.12. The quantitative estimate of drug-likeness (QED) is 0.768. The molecular formula is C15H17BrO2. The average Bonchev–Trinajstić information content (AvgIpc) is 2.86. The van der Waals surface area contributed by atoms with Gasteiger partial charge in [-0.25, -0.2) is 0 Å². The first-order chi connectivity index (χ1) is 8.67. The minimum absolute atomic E-state index is 0.163. The summed E-state index contributed by atoms with van der Waals surface area (Å²) in [6.07, 6.45) is 2.65. The second kappa shape index (κ2) is 5.61. The van der Waals surface area contributed by atoms with Crippen LogP contribution >= 0.6 is 15.9 Å². The summed E-state index contributed by atoms with van der Waals surface area (Å²) in [5, 5.41) is 0. The number of aryl methyl sites for hydroxylation is 2. The number of hydrogen-bond acceptors (Lipinski definition) is 2. The van der Waals surface area contributed by atoms with Crippen LogP contribution in [0.3, 0.4) is 0 Å². The molecule has 2 aromatic rings. The Morgan fingerprint density at radius 2 is 2.11 bits per heavy atom. The zero-order chi connectivity index (χ0) is 13.1. The summed E-state index contributed by atoms with van der Waals surface area (Å²) >= 11 is 3.74. The monoisotopic (exact) mass is 308 g/mol. The minimum atomic E-state index is 0.163. The Balaban J connectivity index is 2.34. The maximum absolute atomic E-state index is 5.48. The zero-order valence-electron chi connectivity index (χ0n) is 10.9. The van der Waals surface area contributed by atoms with E-state index in [2.05, 4.69) is 41.9 Å². The van der Waals surface area contributed by atoms with E-state index >= 15 is 0 Å². The molecule has 0 amide bonds. The summed E-state index contributed by atoms with van der Waals surface area (Å²) in [6, 6.07) is 8.25. The van der Waals surface area contributed by atoms with Gasteiger partial charge in [-0.15, -0.1) is 0 Å². The van der Waals surface area contributed by atoms with E-state index in [4.69, 9.17) is 9.15 Å². The van der Waals surface area contributed by atoms with Gasteiger partial charge in [0.1, 0.15) is 11.5 Å². The van der Waals surface area contributed by atoms with Crippen molar-refractivity contribution in [2.45, 2.75) is 25.1 Å². The number of benzene rings is 1. The maximum Gasteiger partial charge on any atom is 0.121 e. The molecule has 0 saturated heterocycles. The van der Waals surface area contributed by atoms with Gasteiger partial charge in [0, 0.05) is 12.0 Å². The van der Waals surface area contributed by atoms with Crippen LogP contribution in [0, 0.1) is 6.92 Å². The van der Waals surface area contributed by atoms with Crippen molar-refractivity contribution >= 4 is 15.9 Å². The highest BCUT2D eigenvalue weighted by Crippen LogP contribution is 2.35.